The van der Waals surface area contributed by atoms with Crippen LogP contribution in [0.3, 0.4) is 0 Å². The summed E-state index contributed by atoms with van der Waals surface area (Å²) >= 11 is 0.872. The molecule has 2 aromatic rings. The van der Waals surface area contributed by atoms with Crippen LogP contribution in [-0.4, -0.2) is 52.6 Å². The third kappa shape index (κ3) is 5.37. The highest BCUT2D eigenvalue weighted by atomic mass is 32.2. The molecule has 1 saturated heterocycles. The van der Waals surface area contributed by atoms with E-state index in [2.05, 4.69) is 10.3 Å². The van der Waals surface area contributed by atoms with Crippen LogP contribution in [0.25, 0.3) is 6.08 Å². The number of imide groups is 1. The number of hydrogen-bond acceptors (Lipinski definition) is 7. The van der Waals surface area contributed by atoms with Crippen molar-refractivity contribution < 1.29 is 23.9 Å². The standard InChI is InChI=1S/C22H21N3O5S/c1-3-30-21(28)16-9-10-17(24-14(16)2)19(26)23-11-12-25-20(27)18(31-22(25)29)13-15-7-5-4-6-8-15/h4-10,13H,3,11-12H2,1-2H3,(H,23,26)/b18-13-. The first kappa shape index (κ1) is 22.2. The fourth-order valence-corrected chi connectivity index (χ4v) is 3.74. The number of carbonyl (C=O) groups excluding carboxylic acids is 4. The maximum atomic E-state index is 12.5. The van der Waals surface area contributed by atoms with Crippen molar-refractivity contribution in [2.45, 2.75) is 13.8 Å². The molecule has 160 valence electrons. The van der Waals surface area contributed by atoms with Crippen LogP contribution in [-0.2, 0) is 9.53 Å². The zero-order valence-electron chi connectivity index (χ0n) is 17.1. The van der Waals surface area contributed by atoms with Gasteiger partial charge in [0.25, 0.3) is 17.1 Å². The van der Waals surface area contributed by atoms with Crippen molar-refractivity contribution in [2.75, 3.05) is 19.7 Å². The van der Waals surface area contributed by atoms with Crippen LogP contribution in [0.4, 0.5) is 4.79 Å². The average molecular weight is 439 g/mol. The Bertz CT molecular complexity index is 1050. The Hall–Kier alpha value is -3.46. The molecule has 1 aliphatic rings. The molecule has 0 aliphatic carbocycles. The summed E-state index contributed by atoms with van der Waals surface area (Å²) < 4.78 is 4.94. The highest BCUT2D eigenvalue weighted by Crippen LogP contribution is 2.31. The summed E-state index contributed by atoms with van der Waals surface area (Å²) in [5.41, 5.74) is 1.63. The molecule has 3 amide bonds. The van der Waals surface area contributed by atoms with Gasteiger partial charge in [-0.05, 0) is 49.4 Å². The Morgan fingerprint density at radius 1 is 1.16 bits per heavy atom. The van der Waals surface area contributed by atoms with Gasteiger partial charge in [0.05, 0.1) is 22.8 Å². The Morgan fingerprint density at radius 2 is 1.90 bits per heavy atom. The van der Waals surface area contributed by atoms with Gasteiger partial charge < -0.3 is 10.1 Å². The summed E-state index contributed by atoms with van der Waals surface area (Å²) in [5, 5.41) is 2.26. The molecule has 3 rings (SSSR count). The minimum absolute atomic E-state index is 0.0441. The molecule has 0 saturated carbocycles. The number of ether oxygens (including phenoxy) is 1. The number of thioether (sulfide) groups is 1. The van der Waals surface area contributed by atoms with E-state index in [0.29, 0.717) is 16.2 Å². The molecule has 0 unspecified atom stereocenters. The fraction of sp³-hybridized carbons (Fsp3) is 0.227. The second-order valence-electron chi connectivity index (χ2n) is 6.55. The number of amides is 3. The summed E-state index contributed by atoms with van der Waals surface area (Å²) in [6.45, 7) is 3.69. The summed E-state index contributed by atoms with van der Waals surface area (Å²) in [4.78, 5) is 54.5. The monoisotopic (exact) mass is 439 g/mol. The Kier molecular flexibility index (Phi) is 7.19. The minimum Gasteiger partial charge on any atom is -0.462 e. The van der Waals surface area contributed by atoms with Crippen molar-refractivity contribution >= 4 is 40.9 Å². The number of pyridine rings is 1. The van der Waals surface area contributed by atoms with Crippen molar-refractivity contribution in [1.29, 1.82) is 0 Å². The SMILES string of the molecule is CCOC(=O)c1ccc(C(=O)NCCN2C(=O)S/C(=C\c3ccccc3)C2=O)nc1C. The molecule has 1 aliphatic heterocycles. The third-order valence-corrected chi connectivity index (χ3v) is 5.31. The Balaban J connectivity index is 1.57. The average Bonchev–Trinajstić information content (AvgIpc) is 3.01. The Labute approximate surface area is 183 Å². The van der Waals surface area contributed by atoms with E-state index in [4.69, 9.17) is 4.74 Å². The first-order valence-corrected chi connectivity index (χ1v) is 10.5. The smallest absolute Gasteiger partial charge is 0.339 e. The second kappa shape index (κ2) is 10.0. The van der Waals surface area contributed by atoms with Gasteiger partial charge >= 0.3 is 5.97 Å². The molecule has 8 nitrogen and oxygen atoms in total. The van der Waals surface area contributed by atoms with Gasteiger partial charge in [-0.15, -0.1) is 0 Å². The lowest BCUT2D eigenvalue weighted by Gasteiger charge is -2.13. The Morgan fingerprint density at radius 3 is 2.58 bits per heavy atom. The lowest BCUT2D eigenvalue weighted by atomic mass is 10.2. The first-order chi connectivity index (χ1) is 14.9. The van der Waals surface area contributed by atoms with E-state index in [-0.39, 0.29) is 36.5 Å². The van der Waals surface area contributed by atoms with Gasteiger partial charge in [0, 0.05) is 13.1 Å². The molecule has 1 fully saturated rings. The van der Waals surface area contributed by atoms with Crippen LogP contribution in [0.1, 0.15) is 39.0 Å². The van der Waals surface area contributed by atoms with Gasteiger partial charge in [0.1, 0.15) is 5.69 Å². The number of benzene rings is 1. The molecular formula is C22H21N3O5S. The van der Waals surface area contributed by atoms with Crippen LogP contribution in [0.5, 0.6) is 0 Å². The third-order valence-electron chi connectivity index (χ3n) is 4.41. The lowest BCUT2D eigenvalue weighted by molar-refractivity contribution is -0.122. The first-order valence-electron chi connectivity index (χ1n) is 9.64. The number of rotatable bonds is 7. The maximum absolute atomic E-state index is 12.5. The molecule has 1 aromatic carbocycles. The number of nitrogens with one attached hydrogen (secondary N) is 1. The normalized spacial score (nSPS) is 14.8. The zero-order chi connectivity index (χ0) is 22.4. The van der Waals surface area contributed by atoms with E-state index >= 15 is 0 Å². The molecule has 1 N–H and O–H groups in total. The molecule has 0 bridgehead atoms. The molecule has 0 atom stereocenters. The zero-order valence-corrected chi connectivity index (χ0v) is 17.9. The molecule has 9 heteroatoms. The van der Waals surface area contributed by atoms with Gasteiger partial charge in [-0.3, -0.25) is 19.3 Å². The number of aryl methyl sites for hydroxylation is 1. The predicted octanol–water partition coefficient (Wildman–Crippen LogP) is 3.03. The summed E-state index contributed by atoms with van der Waals surface area (Å²) in [6.07, 6.45) is 1.67. The van der Waals surface area contributed by atoms with Crippen LogP contribution in [0.15, 0.2) is 47.4 Å². The van der Waals surface area contributed by atoms with E-state index in [1.54, 1.807) is 19.9 Å². The van der Waals surface area contributed by atoms with Crippen molar-refractivity contribution in [3.63, 3.8) is 0 Å². The molecule has 2 heterocycles. The van der Waals surface area contributed by atoms with Crippen LogP contribution in [0.2, 0.25) is 0 Å². The van der Waals surface area contributed by atoms with Crippen LogP contribution < -0.4 is 5.32 Å². The summed E-state index contributed by atoms with van der Waals surface area (Å²) in [7, 11) is 0. The number of carbonyl (C=O) groups is 4. The van der Waals surface area contributed by atoms with Gasteiger partial charge in [-0.1, -0.05) is 30.3 Å². The summed E-state index contributed by atoms with van der Waals surface area (Å²) in [5.74, 6) is -1.35. The van der Waals surface area contributed by atoms with Gasteiger partial charge in [-0.2, -0.15) is 0 Å². The number of hydrogen-bond donors (Lipinski definition) is 1. The predicted molar refractivity (Wildman–Crippen MR) is 116 cm³/mol. The lowest BCUT2D eigenvalue weighted by Crippen LogP contribution is -2.37. The van der Waals surface area contributed by atoms with Crippen molar-refractivity contribution in [3.05, 3.63) is 69.9 Å². The molecule has 31 heavy (non-hydrogen) atoms. The van der Waals surface area contributed by atoms with E-state index < -0.39 is 11.9 Å². The van der Waals surface area contributed by atoms with Gasteiger partial charge in [0.15, 0.2) is 0 Å². The van der Waals surface area contributed by atoms with Crippen molar-refractivity contribution in [3.8, 4) is 0 Å². The quantitative estimate of drug-likeness (QED) is 0.522. The van der Waals surface area contributed by atoms with Crippen molar-refractivity contribution in [2.24, 2.45) is 0 Å². The fourth-order valence-electron chi connectivity index (χ4n) is 2.88. The second-order valence-corrected chi connectivity index (χ2v) is 7.54. The van der Waals surface area contributed by atoms with Crippen LogP contribution >= 0.6 is 11.8 Å². The number of nitrogens with zero attached hydrogens (tertiary/aromatic N) is 2. The number of esters is 1. The van der Waals surface area contributed by atoms with E-state index in [1.807, 2.05) is 30.3 Å². The number of aromatic nitrogens is 1. The topological polar surface area (TPSA) is 106 Å². The van der Waals surface area contributed by atoms with E-state index in [9.17, 15) is 19.2 Å². The highest BCUT2D eigenvalue weighted by Gasteiger charge is 2.34. The summed E-state index contributed by atoms with van der Waals surface area (Å²) in [6, 6.07) is 12.2. The van der Waals surface area contributed by atoms with Gasteiger partial charge in [0.2, 0.25) is 0 Å². The van der Waals surface area contributed by atoms with Gasteiger partial charge in [-0.25, -0.2) is 9.78 Å². The molecule has 0 spiro atoms. The van der Waals surface area contributed by atoms with E-state index in [1.165, 1.54) is 12.1 Å². The largest absolute Gasteiger partial charge is 0.462 e. The minimum atomic E-state index is -0.498. The van der Waals surface area contributed by atoms with E-state index in [0.717, 1.165) is 22.2 Å². The van der Waals surface area contributed by atoms with Crippen molar-refractivity contribution in [1.82, 2.24) is 15.2 Å². The highest BCUT2D eigenvalue weighted by molar-refractivity contribution is 8.18. The molecular weight excluding hydrogens is 418 g/mol. The molecule has 0 radical (unpaired) electrons. The maximum Gasteiger partial charge on any atom is 0.339 e. The molecule has 1 aromatic heterocycles. The van der Waals surface area contributed by atoms with Crippen LogP contribution in [0, 0.1) is 6.92 Å².